The molecular weight excluding hydrogens is 202 g/mol. The van der Waals surface area contributed by atoms with Gasteiger partial charge in [-0.05, 0) is 11.9 Å². The Bertz CT molecular complexity index is 431. The number of carbonyl (C=O) groups is 1. The third-order valence-corrected chi connectivity index (χ3v) is 1.42. The fraction of sp³-hybridized carbons (Fsp3) is 0.300. The molecule has 0 aliphatic carbocycles. The maximum absolute atomic E-state index is 11.6. The normalized spacial score (nSPS) is 20.0. The van der Waals surface area contributed by atoms with Gasteiger partial charge >= 0.3 is 5.97 Å². The van der Waals surface area contributed by atoms with E-state index in [1.165, 1.54) is 12.1 Å². The molecule has 14 heavy (non-hydrogen) atoms. The number of esters is 1. The molecule has 0 aliphatic heterocycles. The van der Waals surface area contributed by atoms with Crippen LogP contribution in [0.1, 0.15) is 9.68 Å². The summed E-state index contributed by atoms with van der Waals surface area (Å²) in [6.45, 7) is 0. The summed E-state index contributed by atoms with van der Waals surface area (Å²) >= 11 is 0. The van der Waals surface area contributed by atoms with Crippen molar-refractivity contribution in [3.63, 3.8) is 0 Å². The first kappa shape index (κ1) is 6.43. The molecule has 0 bridgehead atoms. The van der Waals surface area contributed by atoms with Gasteiger partial charge in [0, 0.05) is 2.74 Å². The van der Waals surface area contributed by atoms with Crippen LogP contribution in [0.3, 0.4) is 0 Å². The van der Waals surface area contributed by atoms with Crippen LogP contribution in [0.4, 0.5) is 0 Å². The molecule has 0 amide bonds. The molecule has 0 unspecified atom stereocenters. The minimum atomic E-state index is -2.80. The lowest BCUT2D eigenvalue weighted by Gasteiger charge is -2.08. The molecule has 1 aromatic carbocycles. The summed E-state index contributed by atoms with van der Waals surface area (Å²) in [6, 6.07) is 4.71. The Morgan fingerprint density at radius 2 is 2.36 bits per heavy atom. The number of carbonyl (C=O) groups excluding carboxylic acids is 1. The molecule has 0 saturated heterocycles. The SMILES string of the molecule is Cl.[2H]N([2H])[C@]([2H])(C(=O)OC)C([2H])([2H])c1ccccc1. The lowest BCUT2D eigenvalue weighted by Crippen LogP contribution is -2.33. The Morgan fingerprint density at radius 1 is 1.71 bits per heavy atom. The van der Waals surface area contributed by atoms with E-state index < -0.39 is 18.4 Å². The summed E-state index contributed by atoms with van der Waals surface area (Å²) in [5, 5.41) is 0. The van der Waals surface area contributed by atoms with Crippen molar-refractivity contribution >= 4 is 18.4 Å². The molecule has 0 saturated carbocycles. The second kappa shape index (κ2) is 6.40. The van der Waals surface area contributed by atoms with E-state index in [9.17, 15) is 4.79 Å². The van der Waals surface area contributed by atoms with Gasteiger partial charge in [-0.15, -0.1) is 12.4 Å². The van der Waals surface area contributed by atoms with Gasteiger partial charge in [0.1, 0.15) is 8.84 Å². The number of hydrogen-bond acceptors (Lipinski definition) is 3. The van der Waals surface area contributed by atoms with Crippen molar-refractivity contribution in [2.24, 2.45) is 5.72 Å². The molecule has 3 nitrogen and oxygen atoms in total. The maximum Gasteiger partial charge on any atom is 0.322 e. The van der Waals surface area contributed by atoms with Crippen LogP contribution in [-0.4, -0.2) is 19.1 Å². The predicted octanol–water partition coefficient (Wildman–Crippen LogP) is 1.15. The molecule has 0 fully saturated rings. The van der Waals surface area contributed by atoms with Crippen molar-refractivity contribution in [3.8, 4) is 0 Å². The smallest absolute Gasteiger partial charge is 0.322 e. The molecule has 1 rings (SSSR count). The molecule has 4 heteroatoms. The highest BCUT2D eigenvalue weighted by Crippen LogP contribution is 2.02. The third kappa shape index (κ3) is 3.77. The molecule has 1 aromatic rings. The number of rotatable bonds is 4. The maximum atomic E-state index is 11.6. The quantitative estimate of drug-likeness (QED) is 0.775. The number of hydrogen-bond donors (Lipinski definition) is 1. The van der Waals surface area contributed by atoms with Crippen molar-refractivity contribution in [2.75, 3.05) is 7.11 Å². The second-order valence-corrected chi connectivity index (χ2v) is 2.33. The number of benzene rings is 1. The number of methoxy groups -OCH3 is 1. The first-order valence-corrected chi connectivity index (χ1v) is 3.70. The first-order chi connectivity index (χ1) is 8.28. The summed E-state index contributed by atoms with van der Waals surface area (Å²) in [5.41, 5.74) is -0.263. The molecular formula is C10H14ClNO2. The van der Waals surface area contributed by atoms with Gasteiger partial charge in [-0.1, -0.05) is 30.3 Å². The molecule has 78 valence electrons. The van der Waals surface area contributed by atoms with Crippen LogP contribution < -0.4 is 5.72 Å². The standard InChI is InChI=1S/C10H13NO2.ClH/c1-13-10(12)9(11)7-8-5-3-2-4-6-8;/h2-6,9H,7,11H2,1H3;1H/t9-;/m0./s1/i7D2,9D;/hD2. The van der Waals surface area contributed by atoms with Crippen molar-refractivity contribution in [1.29, 1.82) is 0 Å². The fourth-order valence-electron chi connectivity index (χ4n) is 0.806. The van der Waals surface area contributed by atoms with Crippen LogP contribution >= 0.6 is 12.4 Å². The highest BCUT2D eigenvalue weighted by Gasteiger charge is 2.13. The van der Waals surface area contributed by atoms with E-state index >= 15 is 0 Å². The molecule has 0 heterocycles. The second-order valence-electron chi connectivity index (χ2n) is 2.33. The predicted molar refractivity (Wildman–Crippen MR) is 57.4 cm³/mol. The highest BCUT2D eigenvalue weighted by molar-refractivity contribution is 5.85. The van der Waals surface area contributed by atoms with Crippen molar-refractivity contribution < 1.29 is 16.5 Å². The average molecular weight is 221 g/mol. The van der Waals surface area contributed by atoms with Crippen LogP contribution in [-0.2, 0) is 15.9 Å². The molecule has 0 aromatic heterocycles. The minimum Gasteiger partial charge on any atom is -0.468 e. The van der Waals surface area contributed by atoms with Gasteiger partial charge < -0.3 is 10.5 Å². The summed E-state index contributed by atoms with van der Waals surface area (Å²) in [5.74, 6) is -1.30. The van der Waals surface area contributed by atoms with Gasteiger partial charge in [-0.25, -0.2) is 0 Å². The summed E-state index contributed by atoms with van der Waals surface area (Å²) < 4.78 is 42.2. The van der Waals surface area contributed by atoms with Gasteiger partial charge in [0.05, 0.1) is 8.48 Å². The Balaban J connectivity index is 0.00000324. The zero-order valence-electron chi connectivity index (χ0n) is 12.6. The third-order valence-electron chi connectivity index (χ3n) is 1.42. The lowest BCUT2D eigenvalue weighted by molar-refractivity contribution is -0.142. The van der Waals surface area contributed by atoms with Crippen LogP contribution in [0, 0.1) is 0 Å². The summed E-state index contributed by atoms with van der Waals surface area (Å²) in [4.78, 5) is 11.6. The molecule has 1 atom stereocenters. The van der Waals surface area contributed by atoms with Crippen LogP contribution in [0.25, 0.3) is 0 Å². The summed E-state index contributed by atoms with van der Waals surface area (Å²) in [7, 11) is 0.982. The fourth-order valence-corrected chi connectivity index (χ4v) is 0.806. The summed E-state index contributed by atoms with van der Waals surface area (Å²) in [6.07, 6.45) is -2.56. The molecule has 0 radical (unpaired) electrons. The van der Waals surface area contributed by atoms with Gasteiger partial charge in [-0.2, -0.15) is 0 Å². The monoisotopic (exact) mass is 220 g/mol. The Hall–Kier alpha value is -1.06. The van der Waals surface area contributed by atoms with Crippen LogP contribution in [0.2, 0.25) is 2.82 Å². The number of halogens is 1. The van der Waals surface area contributed by atoms with Crippen molar-refractivity contribution in [1.82, 2.24) is 0 Å². The number of ether oxygens (including phenoxy) is 1. The van der Waals surface area contributed by atoms with E-state index in [0.717, 1.165) is 7.11 Å². The minimum absolute atomic E-state index is 0. The van der Waals surface area contributed by atoms with E-state index in [2.05, 4.69) is 4.74 Å². The van der Waals surface area contributed by atoms with Crippen molar-refractivity contribution in [2.45, 2.75) is 12.4 Å². The lowest BCUT2D eigenvalue weighted by atomic mass is 10.1. The van der Waals surface area contributed by atoms with E-state index in [1.807, 2.05) is 0 Å². The molecule has 0 spiro atoms. The van der Waals surface area contributed by atoms with Gasteiger partial charge in [0.25, 0.3) is 0 Å². The molecule has 0 aliphatic rings. The van der Waals surface area contributed by atoms with E-state index in [4.69, 9.17) is 6.94 Å². The van der Waals surface area contributed by atoms with E-state index in [1.54, 1.807) is 18.2 Å². The van der Waals surface area contributed by atoms with Crippen molar-refractivity contribution in [3.05, 3.63) is 35.9 Å². The average Bonchev–Trinajstić information content (AvgIpc) is 2.37. The van der Waals surface area contributed by atoms with E-state index in [-0.39, 0.29) is 23.7 Å². The van der Waals surface area contributed by atoms with Gasteiger partial charge in [0.15, 0.2) is 0 Å². The van der Waals surface area contributed by atoms with Gasteiger partial charge in [-0.3, -0.25) is 4.79 Å². The van der Waals surface area contributed by atoms with Crippen LogP contribution in [0.15, 0.2) is 30.3 Å². The highest BCUT2D eigenvalue weighted by atomic mass is 35.5. The first-order valence-electron chi connectivity index (χ1n) is 6.10. The van der Waals surface area contributed by atoms with Crippen LogP contribution in [0.5, 0.6) is 0 Å². The Morgan fingerprint density at radius 3 is 2.86 bits per heavy atom. The zero-order valence-corrected chi connectivity index (χ0v) is 8.38. The number of nitrogens with two attached hydrogens (primary N) is 1. The van der Waals surface area contributed by atoms with E-state index in [0.29, 0.717) is 0 Å². The zero-order chi connectivity index (χ0) is 14.0. The molecule has 2 N–H and O–H groups in total. The topological polar surface area (TPSA) is 52.3 Å². The van der Waals surface area contributed by atoms with Gasteiger partial charge in [0.2, 0.25) is 0 Å². The Kier molecular flexibility index (Phi) is 2.94. The largest absolute Gasteiger partial charge is 0.468 e. The Labute approximate surface area is 96.8 Å².